The summed E-state index contributed by atoms with van der Waals surface area (Å²) in [7, 11) is 0. The van der Waals surface area contributed by atoms with Gasteiger partial charge in [0.2, 0.25) is 0 Å². The van der Waals surface area contributed by atoms with Gasteiger partial charge in [-0.15, -0.1) is 11.3 Å². The lowest BCUT2D eigenvalue weighted by Gasteiger charge is -2.23. The van der Waals surface area contributed by atoms with Crippen molar-refractivity contribution in [3.8, 4) is 0 Å². The van der Waals surface area contributed by atoms with Gasteiger partial charge in [-0.3, -0.25) is 0 Å². The molecule has 1 atom stereocenters. The van der Waals surface area contributed by atoms with Gasteiger partial charge in [0.15, 0.2) is 0 Å². The third-order valence-electron chi connectivity index (χ3n) is 4.29. The molecule has 1 aromatic rings. The summed E-state index contributed by atoms with van der Waals surface area (Å²) in [5, 5.41) is 10.4. The van der Waals surface area contributed by atoms with Crippen molar-refractivity contribution in [1.29, 1.82) is 0 Å². The van der Waals surface area contributed by atoms with Crippen molar-refractivity contribution in [1.82, 2.24) is 15.6 Å². The lowest BCUT2D eigenvalue weighted by Crippen LogP contribution is -2.31. The van der Waals surface area contributed by atoms with Crippen LogP contribution < -0.4 is 10.6 Å². The summed E-state index contributed by atoms with van der Waals surface area (Å²) in [6.45, 7) is 6.64. The number of hydrogen-bond donors (Lipinski definition) is 2. The number of nitrogens with zero attached hydrogens (tertiary/aromatic N) is 1. The molecule has 1 saturated carbocycles. The van der Waals surface area contributed by atoms with E-state index in [0.717, 1.165) is 18.2 Å². The van der Waals surface area contributed by atoms with Crippen molar-refractivity contribution in [3.05, 3.63) is 16.1 Å². The molecule has 17 heavy (non-hydrogen) atoms. The zero-order valence-corrected chi connectivity index (χ0v) is 11.3. The van der Waals surface area contributed by atoms with Crippen LogP contribution in [0.4, 0.5) is 0 Å². The van der Waals surface area contributed by atoms with Crippen LogP contribution in [-0.2, 0) is 6.54 Å². The molecule has 4 heteroatoms. The summed E-state index contributed by atoms with van der Waals surface area (Å²) >= 11 is 1.77. The number of nitrogens with one attached hydrogen (secondary N) is 2. The second-order valence-electron chi connectivity index (χ2n) is 5.53. The molecule has 3 nitrogen and oxygen atoms in total. The lowest BCUT2D eigenvalue weighted by molar-refractivity contribution is 0.319. The topological polar surface area (TPSA) is 37.0 Å². The molecule has 3 rings (SSSR count). The van der Waals surface area contributed by atoms with Crippen LogP contribution in [0.5, 0.6) is 0 Å². The predicted molar refractivity (Wildman–Crippen MR) is 71.2 cm³/mol. The van der Waals surface area contributed by atoms with Crippen LogP contribution in [-0.4, -0.2) is 24.6 Å². The number of thiazole rings is 1. The first-order valence-corrected chi connectivity index (χ1v) is 7.49. The second kappa shape index (κ2) is 4.67. The first-order valence-electron chi connectivity index (χ1n) is 6.61. The van der Waals surface area contributed by atoms with E-state index in [4.69, 9.17) is 0 Å². The van der Waals surface area contributed by atoms with Gasteiger partial charge in [0, 0.05) is 17.6 Å². The van der Waals surface area contributed by atoms with Gasteiger partial charge in [0.05, 0.1) is 0 Å². The highest BCUT2D eigenvalue weighted by Crippen LogP contribution is 2.58. The average molecular weight is 251 g/mol. The summed E-state index contributed by atoms with van der Waals surface area (Å²) in [6.07, 6.45) is 4.21. The Morgan fingerprint density at radius 3 is 3.06 bits per heavy atom. The van der Waals surface area contributed by atoms with Crippen molar-refractivity contribution in [3.63, 3.8) is 0 Å². The fourth-order valence-electron chi connectivity index (χ4n) is 3.09. The monoisotopic (exact) mass is 251 g/mol. The highest BCUT2D eigenvalue weighted by molar-refractivity contribution is 7.09. The van der Waals surface area contributed by atoms with Gasteiger partial charge >= 0.3 is 0 Å². The Bertz CT molecular complexity index is 382. The van der Waals surface area contributed by atoms with Gasteiger partial charge < -0.3 is 10.6 Å². The number of aryl methyl sites for hydroxylation is 1. The molecule has 1 spiro atoms. The third kappa shape index (κ3) is 2.54. The number of piperidine rings is 1. The molecule has 2 N–H and O–H groups in total. The number of rotatable bonds is 4. The minimum absolute atomic E-state index is 0.705. The smallest absolute Gasteiger partial charge is 0.107 e. The van der Waals surface area contributed by atoms with Crippen LogP contribution >= 0.6 is 11.3 Å². The normalized spacial score (nSPS) is 26.3. The highest BCUT2D eigenvalue weighted by Gasteiger charge is 2.52. The van der Waals surface area contributed by atoms with E-state index in [0.29, 0.717) is 5.41 Å². The zero-order valence-electron chi connectivity index (χ0n) is 10.5. The second-order valence-corrected chi connectivity index (χ2v) is 6.47. The van der Waals surface area contributed by atoms with Crippen LogP contribution in [0, 0.1) is 18.3 Å². The van der Waals surface area contributed by atoms with Crippen molar-refractivity contribution in [2.45, 2.75) is 32.7 Å². The molecule has 0 bridgehead atoms. The molecular formula is C13H21N3S. The van der Waals surface area contributed by atoms with Crippen LogP contribution in [0.1, 0.15) is 30.0 Å². The van der Waals surface area contributed by atoms with E-state index in [1.54, 1.807) is 11.3 Å². The van der Waals surface area contributed by atoms with Crippen LogP contribution in [0.25, 0.3) is 0 Å². The van der Waals surface area contributed by atoms with Gasteiger partial charge in [-0.05, 0) is 57.2 Å². The Kier molecular flexibility index (Phi) is 3.19. The summed E-state index contributed by atoms with van der Waals surface area (Å²) in [5.74, 6) is 0.922. The molecule has 1 saturated heterocycles. The largest absolute Gasteiger partial charge is 0.317 e. The molecule has 1 aliphatic carbocycles. The Morgan fingerprint density at radius 2 is 2.35 bits per heavy atom. The van der Waals surface area contributed by atoms with E-state index < -0.39 is 0 Å². The van der Waals surface area contributed by atoms with E-state index >= 15 is 0 Å². The van der Waals surface area contributed by atoms with Gasteiger partial charge in [-0.1, -0.05) is 0 Å². The summed E-state index contributed by atoms with van der Waals surface area (Å²) < 4.78 is 0. The van der Waals surface area contributed by atoms with Crippen molar-refractivity contribution in [2.24, 2.45) is 11.3 Å². The molecule has 2 aliphatic rings. The predicted octanol–water partition coefficient (Wildman–Crippen LogP) is 1.93. The maximum atomic E-state index is 4.48. The summed E-state index contributed by atoms with van der Waals surface area (Å²) in [4.78, 5) is 4.48. The summed E-state index contributed by atoms with van der Waals surface area (Å²) in [5.41, 5.74) is 1.85. The van der Waals surface area contributed by atoms with Crippen molar-refractivity contribution < 1.29 is 0 Å². The fourth-order valence-corrected chi connectivity index (χ4v) is 3.84. The van der Waals surface area contributed by atoms with Gasteiger partial charge in [0.25, 0.3) is 0 Å². The molecule has 94 valence electrons. The number of aromatic nitrogens is 1. The Hall–Kier alpha value is -0.450. The van der Waals surface area contributed by atoms with Crippen molar-refractivity contribution >= 4 is 11.3 Å². The Labute approximate surface area is 107 Å². The standard InChI is InChI=1S/C13H21N3S/c1-10-9-17-12(16-10)8-15-7-11-6-13(11)2-4-14-5-3-13/h9,11,14-15H,2-8H2,1H3. The Balaban J connectivity index is 1.41. The first-order chi connectivity index (χ1) is 8.28. The SMILES string of the molecule is Cc1csc(CNCC2CC23CCNCC3)n1. The van der Waals surface area contributed by atoms with E-state index in [2.05, 4.69) is 27.9 Å². The summed E-state index contributed by atoms with van der Waals surface area (Å²) in [6, 6.07) is 0. The minimum atomic E-state index is 0.705. The van der Waals surface area contributed by atoms with Crippen molar-refractivity contribution in [2.75, 3.05) is 19.6 Å². The maximum Gasteiger partial charge on any atom is 0.107 e. The van der Waals surface area contributed by atoms with E-state index in [1.807, 2.05) is 0 Å². The molecule has 0 amide bonds. The van der Waals surface area contributed by atoms with Crippen LogP contribution in [0.3, 0.4) is 0 Å². The zero-order chi connectivity index (χ0) is 11.7. The van der Waals surface area contributed by atoms with Crippen LogP contribution in [0.2, 0.25) is 0 Å². The fraction of sp³-hybridized carbons (Fsp3) is 0.769. The molecule has 0 radical (unpaired) electrons. The molecule has 2 heterocycles. The Morgan fingerprint density at radius 1 is 1.53 bits per heavy atom. The van der Waals surface area contributed by atoms with Gasteiger partial charge in [-0.2, -0.15) is 0 Å². The third-order valence-corrected chi connectivity index (χ3v) is 5.26. The molecule has 1 aliphatic heterocycles. The lowest BCUT2D eigenvalue weighted by atomic mass is 9.92. The van der Waals surface area contributed by atoms with E-state index in [1.165, 1.54) is 43.9 Å². The first kappa shape index (κ1) is 11.6. The molecule has 0 aromatic carbocycles. The van der Waals surface area contributed by atoms with E-state index in [9.17, 15) is 0 Å². The molecule has 1 unspecified atom stereocenters. The highest BCUT2D eigenvalue weighted by atomic mass is 32.1. The minimum Gasteiger partial charge on any atom is -0.317 e. The van der Waals surface area contributed by atoms with Crippen LogP contribution in [0.15, 0.2) is 5.38 Å². The molecule has 2 fully saturated rings. The van der Waals surface area contributed by atoms with Gasteiger partial charge in [0.1, 0.15) is 5.01 Å². The quantitative estimate of drug-likeness (QED) is 0.858. The average Bonchev–Trinajstić information content (AvgIpc) is 2.80. The molecular weight excluding hydrogens is 230 g/mol. The van der Waals surface area contributed by atoms with E-state index in [-0.39, 0.29) is 0 Å². The maximum absolute atomic E-state index is 4.48. The van der Waals surface area contributed by atoms with Gasteiger partial charge in [-0.25, -0.2) is 4.98 Å². The number of hydrogen-bond acceptors (Lipinski definition) is 4. The molecule has 1 aromatic heterocycles.